The second kappa shape index (κ2) is 6.03. The van der Waals surface area contributed by atoms with E-state index in [2.05, 4.69) is 35.3 Å². The van der Waals surface area contributed by atoms with Crippen molar-refractivity contribution >= 4 is 0 Å². The van der Waals surface area contributed by atoms with Crippen LogP contribution in [0.15, 0.2) is 24.3 Å². The van der Waals surface area contributed by atoms with Crippen molar-refractivity contribution in [3.8, 4) is 5.75 Å². The van der Waals surface area contributed by atoms with Gasteiger partial charge in [0, 0.05) is 32.2 Å². The zero-order valence-electron chi connectivity index (χ0n) is 10.8. The van der Waals surface area contributed by atoms with Gasteiger partial charge in [-0.25, -0.2) is 0 Å². The molecule has 1 fully saturated rings. The molecular weight excluding hydrogens is 212 g/mol. The highest BCUT2D eigenvalue weighted by molar-refractivity contribution is 5.30. The molecule has 1 unspecified atom stereocenters. The fraction of sp³-hybridized carbons (Fsp3) is 0.571. The van der Waals surface area contributed by atoms with Gasteiger partial charge in [0.05, 0.1) is 6.61 Å². The van der Waals surface area contributed by atoms with Crippen LogP contribution in [0.2, 0.25) is 0 Å². The molecule has 3 heteroatoms. The molecule has 1 atom stereocenters. The van der Waals surface area contributed by atoms with E-state index in [4.69, 9.17) is 4.74 Å². The van der Waals surface area contributed by atoms with Crippen LogP contribution in [-0.2, 0) is 0 Å². The van der Waals surface area contributed by atoms with Crippen molar-refractivity contribution in [1.82, 2.24) is 10.2 Å². The van der Waals surface area contributed by atoms with Crippen LogP contribution in [0.1, 0.15) is 25.5 Å². The van der Waals surface area contributed by atoms with Gasteiger partial charge in [-0.3, -0.25) is 4.90 Å². The summed E-state index contributed by atoms with van der Waals surface area (Å²) in [5.41, 5.74) is 1.35. The summed E-state index contributed by atoms with van der Waals surface area (Å²) in [4.78, 5) is 2.52. The SMILES string of the molecule is CCOc1cccc(C(C)N2CCNCC2)c1. The van der Waals surface area contributed by atoms with E-state index in [9.17, 15) is 0 Å². The Morgan fingerprint density at radius 1 is 1.35 bits per heavy atom. The largest absolute Gasteiger partial charge is 0.494 e. The number of nitrogens with zero attached hydrogens (tertiary/aromatic N) is 1. The summed E-state index contributed by atoms with van der Waals surface area (Å²) in [6, 6.07) is 8.93. The van der Waals surface area contributed by atoms with Gasteiger partial charge in [-0.05, 0) is 31.5 Å². The van der Waals surface area contributed by atoms with E-state index < -0.39 is 0 Å². The normalized spacial score (nSPS) is 18.9. The van der Waals surface area contributed by atoms with Crippen molar-refractivity contribution in [2.24, 2.45) is 0 Å². The van der Waals surface area contributed by atoms with E-state index in [0.29, 0.717) is 6.04 Å². The van der Waals surface area contributed by atoms with E-state index >= 15 is 0 Å². The predicted octanol–water partition coefficient (Wildman–Crippen LogP) is 2.05. The summed E-state index contributed by atoms with van der Waals surface area (Å²) in [5.74, 6) is 0.979. The van der Waals surface area contributed by atoms with E-state index in [1.165, 1.54) is 5.56 Å². The van der Waals surface area contributed by atoms with Gasteiger partial charge in [0.15, 0.2) is 0 Å². The second-order valence-corrected chi connectivity index (χ2v) is 4.47. The number of hydrogen-bond donors (Lipinski definition) is 1. The van der Waals surface area contributed by atoms with Crippen LogP contribution >= 0.6 is 0 Å². The maximum absolute atomic E-state index is 5.55. The van der Waals surface area contributed by atoms with E-state index in [0.717, 1.165) is 38.5 Å². The standard InChI is InChI=1S/C14H22N2O/c1-3-17-14-6-4-5-13(11-14)12(2)16-9-7-15-8-10-16/h4-6,11-12,15H,3,7-10H2,1-2H3. The van der Waals surface area contributed by atoms with E-state index in [1.807, 2.05) is 13.0 Å². The molecule has 1 aromatic rings. The first-order chi connectivity index (χ1) is 8.31. The lowest BCUT2D eigenvalue weighted by Crippen LogP contribution is -2.44. The fourth-order valence-corrected chi connectivity index (χ4v) is 2.31. The van der Waals surface area contributed by atoms with Gasteiger partial charge in [-0.1, -0.05) is 12.1 Å². The van der Waals surface area contributed by atoms with Crippen LogP contribution in [0.25, 0.3) is 0 Å². The molecular formula is C14H22N2O. The molecule has 0 aliphatic carbocycles. The third-order valence-corrected chi connectivity index (χ3v) is 3.35. The van der Waals surface area contributed by atoms with Crippen LogP contribution in [0, 0.1) is 0 Å². The Morgan fingerprint density at radius 2 is 2.12 bits per heavy atom. The molecule has 3 nitrogen and oxygen atoms in total. The van der Waals surface area contributed by atoms with Gasteiger partial charge in [0.2, 0.25) is 0 Å². The van der Waals surface area contributed by atoms with Gasteiger partial charge < -0.3 is 10.1 Å². The second-order valence-electron chi connectivity index (χ2n) is 4.47. The number of rotatable bonds is 4. The fourth-order valence-electron chi connectivity index (χ4n) is 2.31. The summed E-state index contributed by atoms with van der Waals surface area (Å²) < 4.78 is 5.55. The summed E-state index contributed by atoms with van der Waals surface area (Å²) in [5, 5.41) is 3.39. The molecule has 1 saturated heterocycles. The summed E-state index contributed by atoms with van der Waals surface area (Å²) in [7, 11) is 0. The van der Waals surface area contributed by atoms with Crippen molar-refractivity contribution < 1.29 is 4.74 Å². The topological polar surface area (TPSA) is 24.5 Å². The average Bonchev–Trinajstić information content (AvgIpc) is 2.40. The van der Waals surface area contributed by atoms with Crippen molar-refractivity contribution in [3.05, 3.63) is 29.8 Å². The van der Waals surface area contributed by atoms with Gasteiger partial charge in [0.25, 0.3) is 0 Å². The minimum absolute atomic E-state index is 0.470. The molecule has 0 amide bonds. The maximum atomic E-state index is 5.55. The first kappa shape index (κ1) is 12.4. The first-order valence-corrected chi connectivity index (χ1v) is 6.49. The lowest BCUT2D eigenvalue weighted by molar-refractivity contribution is 0.185. The van der Waals surface area contributed by atoms with Crippen molar-refractivity contribution in [2.45, 2.75) is 19.9 Å². The molecule has 0 saturated carbocycles. The van der Waals surface area contributed by atoms with Gasteiger partial charge in [0.1, 0.15) is 5.75 Å². The molecule has 2 rings (SSSR count). The molecule has 0 spiro atoms. The Balaban J connectivity index is 2.06. The third-order valence-electron chi connectivity index (χ3n) is 3.35. The van der Waals surface area contributed by atoms with Crippen LogP contribution in [-0.4, -0.2) is 37.7 Å². The van der Waals surface area contributed by atoms with Crippen molar-refractivity contribution in [3.63, 3.8) is 0 Å². The highest BCUT2D eigenvalue weighted by Gasteiger charge is 2.17. The summed E-state index contributed by atoms with van der Waals surface area (Å²) in [6.45, 7) is 9.46. The molecule has 1 aromatic carbocycles. The number of piperazine rings is 1. The third kappa shape index (κ3) is 3.20. The monoisotopic (exact) mass is 234 g/mol. The lowest BCUT2D eigenvalue weighted by Gasteiger charge is -2.33. The molecule has 1 N–H and O–H groups in total. The molecule has 1 aliphatic heterocycles. The number of ether oxygens (including phenoxy) is 1. The number of nitrogens with one attached hydrogen (secondary N) is 1. The highest BCUT2D eigenvalue weighted by atomic mass is 16.5. The maximum Gasteiger partial charge on any atom is 0.119 e. The minimum atomic E-state index is 0.470. The molecule has 0 radical (unpaired) electrons. The minimum Gasteiger partial charge on any atom is -0.494 e. The number of hydrogen-bond acceptors (Lipinski definition) is 3. The quantitative estimate of drug-likeness (QED) is 0.863. The van der Waals surface area contributed by atoms with Crippen LogP contribution in [0.3, 0.4) is 0 Å². The molecule has 1 heterocycles. The summed E-state index contributed by atoms with van der Waals surface area (Å²) >= 11 is 0. The Labute approximate surface area is 104 Å². The van der Waals surface area contributed by atoms with Crippen LogP contribution in [0.4, 0.5) is 0 Å². The van der Waals surface area contributed by atoms with Crippen LogP contribution in [0.5, 0.6) is 5.75 Å². The molecule has 1 aliphatic rings. The van der Waals surface area contributed by atoms with E-state index in [1.54, 1.807) is 0 Å². The zero-order valence-corrected chi connectivity index (χ0v) is 10.8. The Hall–Kier alpha value is -1.06. The Kier molecular flexibility index (Phi) is 4.40. The van der Waals surface area contributed by atoms with Gasteiger partial charge in [-0.2, -0.15) is 0 Å². The summed E-state index contributed by atoms with van der Waals surface area (Å²) in [6.07, 6.45) is 0. The first-order valence-electron chi connectivity index (χ1n) is 6.49. The highest BCUT2D eigenvalue weighted by Crippen LogP contribution is 2.24. The Morgan fingerprint density at radius 3 is 2.82 bits per heavy atom. The molecule has 94 valence electrons. The molecule has 0 aromatic heterocycles. The van der Waals surface area contributed by atoms with E-state index in [-0.39, 0.29) is 0 Å². The number of benzene rings is 1. The average molecular weight is 234 g/mol. The molecule has 0 bridgehead atoms. The smallest absolute Gasteiger partial charge is 0.119 e. The Bertz CT molecular complexity index is 348. The zero-order chi connectivity index (χ0) is 12.1. The lowest BCUT2D eigenvalue weighted by atomic mass is 10.1. The van der Waals surface area contributed by atoms with Crippen LogP contribution < -0.4 is 10.1 Å². The van der Waals surface area contributed by atoms with Gasteiger partial charge in [-0.15, -0.1) is 0 Å². The van der Waals surface area contributed by atoms with Gasteiger partial charge >= 0.3 is 0 Å². The predicted molar refractivity (Wildman–Crippen MR) is 70.5 cm³/mol. The van der Waals surface area contributed by atoms with Crippen molar-refractivity contribution in [1.29, 1.82) is 0 Å². The van der Waals surface area contributed by atoms with Crippen molar-refractivity contribution in [2.75, 3.05) is 32.8 Å². The molecule has 17 heavy (non-hydrogen) atoms.